The molecule has 3 rings (SSSR count). The zero-order chi connectivity index (χ0) is 21.0. The molecule has 0 unspecified atom stereocenters. The predicted octanol–water partition coefficient (Wildman–Crippen LogP) is 4.31. The summed E-state index contributed by atoms with van der Waals surface area (Å²) >= 11 is 0. The van der Waals surface area contributed by atoms with Crippen molar-refractivity contribution in [2.45, 2.75) is 20.5 Å². The van der Waals surface area contributed by atoms with Crippen LogP contribution in [0, 0.1) is 17.0 Å². The molecule has 2 aromatic carbocycles. The van der Waals surface area contributed by atoms with Gasteiger partial charge in [-0.3, -0.25) is 14.9 Å². The van der Waals surface area contributed by atoms with E-state index in [1.807, 2.05) is 19.1 Å². The summed E-state index contributed by atoms with van der Waals surface area (Å²) in [5.41, 5.74) is 1.97. The molecule has 29 heavy (non-hydrogen) atoms. The molecular formula is C21H20N2O6. The van der Waals surface area contributed by atoms with E-state index in [0.717, 1.165) is 11.1 Å². The molecule has 1 amide bonds. The molecule has 1 heterocycles. The molecule has 0 aliphatic carbocycles. The fraction of sp³-hybridized carbons (Fsp3) is 0.190. The number of benzene rings is 2. The number of furan rings is 1. The Hall–Kier alpha value is -3.65. The van der Waals surface area contributed by atoms with E-state index in [2.05, 4.69) is 5.32 Å². The number of amides is 1. The van der Waals surface area contributed by atoms with Gasteiger partial charge in [0.05, 0.1) is 11.5 Å². The first-order valence-corrected chi connectivity index (χ1v) is 8.96. The Bertz CT molecular complexity index is 1060. The fourth-order valence-electron chi connectivity index (χ4n) is 2.80. The summed E-state index contributed by atoms with van der Waals surface area (Å²) in [7, 11) is 0. The van der Waals surface area contributed by atoms with Crippen molar-refractivity contribution in [1.82, 2.24) is 0 Å². The first-order chi connectivity index (χ1) is 13.9. The Labute approximate surface area is 166 Å². The number of aliphatic hydroxyl groups excluding tert-OH is 1. The van der Waals surface area contributed by atoms with Gasteiger partial charge in [0, 0.05) is 22.9 Å². The summed E-state index contributed by atoms with van der Waals surface area (Å²) in [6.45, 7) is 3.64. The van der Waals surface area contributed by atoms with Crippen LogP contribution in [0.15, 0.2) is 52.9 Å². The van der Waals surface area contributed by atoms with E-state index in [9.17, 15) is 14.9 Å². The Morgan fingerprint density at radius 1 is 1.21 bits per heavy atom. The van der Waals surface area contributed by atoms with Crippen LogP contribution in [0.25, 0.3) is 11.3 Å². The van der Waals surface area contributed by atoms with Crippen LogP contribution in [0.3, 0.4) is 0 Å². The van der Waals surface area contributed by atoms with Crippen molar-refractivity contribution >= 4 is 17.3 Å². The zero-order valence-corrected chi connectivity index (χ0v) is 16.0. The third kappa shape index (κ3) is 4.44. The lowest BCUT2D eigenvalue weighted by molar-refractivity contribution is -0.385. The Balaban J connectivity index is 1.88. The Morgan fingerprint density at radius 2 is 2.00 bits per heavy atom. The van der Waals surface area contributed by atoms with Crippen molar-refractivity contribution in [3.8, 4) is 17.1 Å². The number of nitrogens with zero attached hydrogens (tertiary/aromatic N) is 1. The summed E-state index contributed by atoms with van der Waals surface area (Å²) in [5.74, 6) is 0.630. The highest BCUT2D eigenvalue weighted by molar-refractivity contribution is 6.05. The average molecular weight is 396 g/mol. The predicted molar refractivity (Wildman–Crippen MR) is 107 cm³/mol. The molecule has 0 saturated heterocycles. The molecule has 0 atom stereocenters. The van der Waals surface area contributed by atoms with Crippen LogP contribution >= 0.6 is 0 Å². The molecule has 8 heteroatoms. The topological polar surface area (TPSA) is 115 Å². The van der Waals surface area contributed by atoms with Gasteiger partial charge in [0.25, 0.3) is 5.91 Å². The normalized spacial score (nSPS) is 10.6. The lowest BCUT2D eigenvalue weighted by atomic mass is 10.1. The average Bonchev–Trinajstić information content (AvgIpc) is 3.19. The lowest BCUT2D eigenvalue weighted by Crippen LogP contribution is -2.13. The van der Waals surface area contributed by atoms with Crippen LogP contribution in [0.1, 0.15) is 28.6 Å². The van der Waals surface area contributed by atoms with E-state index in [1.54, 1.807) is 25.1 Å². The number of nitro benzene ring substituents is 1. The molecule has 0 aliphatic rings. The number of hydrogen-bond donors (Lipinski definition) is 2. The zero-order valence-electron chi connectivity index (χ0n) is 16.0. The second-order valence-electron chi connectivity index (χ2n) is 6.28. The number of aliphatic hydroxyl groups is 1. The third-order valence-corrected chi connectivity index (χ3v) is 4.31. The standard InChI is InChI=1S/C21H20N2O6/c1-3-28-20-8-6-15(11-18(20)23(26)27)21(25)22-17-10-14(5-4-13(17)2)19-9-7-16(12-24)29-19/h4-11,24H,3,12H2,1-2H3,(H,22,25). The summed E-state index contributed by atoms with van der Waals surface area (Å²) in [4.78, 5) is 23.4. The highest BCUT2D eigenvalue weighted by Crippen LogP contribution is 2.30. The molecule has 1 aromatic heterocycles. The molecule has 2 N–H and O–H groups in total. The number of carbonyl (C=O) groups excluding carboxylic acids is 1. The summed E-state index contributed by atoms with van der Waals surface area (Å²) < 4.78 is 10.8. The number of anilines is 1. The number of nitro groups is 1. The van der Waals surface area contributed by atoms with Crippen molar-refractivity contribution in [2.24, 2.45) is 0 Å². The van der Waals surface area contributed by atoms with Crippen LogP contribution in [0.2, 0.25) is 0 Å². The third-order valence-electron chi connectivity index (χ3n) is 4.31. The van der Waals surface area contributed by atoms with E-state index >= 15 is 0 Å². The summed E-state index contributed by atoms with van der Waals surface area (Å²) in [6.07, 6.45) is 0. The second-order valence-corrected chi connectivity index (χ2v) is 6.28. The van der Waals surface area contributed by atoms with Gasteiger partial charge in [-0.2, -0.15) is 0 Å². The number of aryl methyl sites for hydroxylation is 1. The molecule has 0 aliphatic heterocycles. The monoisotopic (exact) mass is 396 g/mol. The van der Waals surface area contributed by atoms with Crippen LogP contribution in [-0.4, -0.2) is 22.5 Å². The molecule has 0 bridgehead atoms. The van der Waals surface area contributed by atoms with E-state index in [-0.39, 0.29) is 30.2 Å². The van der Waals surface area contributed by atoms with Crippen molar-refractivity contribution in [3.05, 3.63) is 75.5 Å². The maximum absolute atomic E-state index is 12.7. The fourth-order valence-corrected chi connectivity index (χ4v) is 2.80. The van der Waals surface area contributed by atoms with E-state index in [1.165, 1.54) is 18.2 Å². The van der Waals surface area contributed by atoms with Gasteiger partial charge in [0.2, 0.25) is 0 Å². The number of ether oxygens (including phenoxy) is 1. The van der Waals surface area contributed by atoms with Gasteiger partial charge in [0.15, 0.2) is 5.75 Å². The lowest BCUT2D eigenvalue weighted by Gasteiger charge is -2.11. The number of carbonyl (C=O) groups is 1. The van der Waals surface area contributed by atoms with Gasteiger partial charge >= 0.3 is 5.69 Å². The number of rotatable bonds is 7. The van der Waals surface area contributed by atoms with Crippen LogP contribution in [-0.2, 0) is 6.61 Å². The van der Waals surface area contributed by atoms with Gasteiger partial charge in [-0.15, -0.1) is 0 Å². The van der Waals surface area contributed by atoms with Gasteiger partial charge < -0.3 is 19.6 Å². The molecule has 3 aromatic rings. The van der Waals surface area contributed by atoms with E-state index in [0.29, 0.717) is 17.2 Å². The van der Waals surface area contributed by atoms with Crippen molar-refractivity contribution < 1.29 is 24.0 Å². The highest BCUT2D eigenvalue weighted by atomic mass is 16.6. The summed E-state index contributed by atoms with van der Waals surface area (Å²) in [5, 5.41) is 23.2. The molecule has 0 saturated carbocycles. The van der Waals surface area contributed by atoms with Crippen molar-refractivity contribution in [3.63, 3.8) is 0 Å². The number of nitrogens with one attached hydrogen (secondary N) is 1. The maximum atomic E-state index is 12.7. The molecule has 0 radical (unpaired) electrons. The molecule has 0 fully saturated rings. The molecular weight excluding hydrogens is 376 g/mol. The SMILES string of the molecule is CCOc1ccc(C(=O)Nc2cc(-c3ccc(CO)o3)ccc2C)cc1[N+](=O)[O-]. The Kier molecular flexibility index (Phi) is 5.94. The number of hydrogen-bond acceptors (Lipinski definition) is 6. The Morgan fingerprint density at radius 3 is 2.66 bits per heavy atom. The van der Waals surface area contributed by atoms with Gasteiger partial charge in [-0.05, 0) is 49.7 Å². The smallest absolute Gasteiger partial charge is 0.311 e. The minimum atomic E-state index is -0.580. The molecule has 150 valence electrons. The van der Waals surface area contributed by atoms with E-state index in [4.69, 9.17) is 14.3 Å². The molecule has 0 spiro atoms. The van der Waals surface area contributed by atoms with Crippen molar-refractivity contribution in [2.75, 3.05) is 11.9 Å². The minimum absolute atomic E-state index is 0.115. The van der Waals surface area contributed by atoms with Crippen molar-refractivity contribution in [1.29, 1.82) is 0 Å². The first kappa shape index (κ1) is 20.1. The van der Waals surface area contributed by atoms with Crippen LogP contribution in [0.5, 0.6) is 5.75 Å². The van der Waals surface area contributed by atoms with Crippen LogP contribution in [0.4, 0.5) is 11.4 Å². The van der Waals surface area contributed by atoms with Gasteiger partial charge in [0.1, 0.15) is 18.1 Å². The van der Waals surface area contributed by atoms with Gasteiger partial charge in [-0.1, -0.05) is 12.1 Å². The largest absolute Gasteiger partial charge is 0.487 e. The quantitative estimate of drug-likeness (QED) is 0.454. The minimum Gasteiger partial charge on any atom is -0.487 e. The highest BCUT2D eigenvalue weighted by Gasteiger charge is 2.19. The van der Waals surface area contributed by atoms with Gasteiger partial charge in [-0.25, -0.2) is 0 Å². The molecule has 8 nitrogen and oxygen atoms in total. The first-order valence-electron chi connectivity index (χ1n) is 8.96. The van der Waals surface area contributed by atoms with Crippen LogP contribution < -0.4 is 10.1 Å². The van der Waals surface area contributed by atoms with E-state index < -0.39 is 10.8 Å². The second kappa shape index (κ2) is 8.57. The maximum Gasteiger partial charge on any atom is 0.311 e. The summed E-state index contributed by atoms with van der Waals surface area (Å²) in [6, 6.07) is 12.9.